The number of ether oxygens (including phenoxy) is 1. The molecule has 0 bridgehead atoms. The smallest absolute Gasteiger partial charge is 0.266 e. The number of carbonyl (C=O) groups is 2. The quantitative estimate of drug-likeness (QED) is 0.195. The second-order valence-electron chi connectivity index (χ2n) is 6.67. The number of anilines is 2. The molecule has 6 nitrogen and oxygen atoms in total. The molecule has 3 aromatic rings. The fraction of sp³-hybridized carbons (Fsp3) is 0.0417. The topological polar surface area (TPSA) is 91.2 Å². The second-order valence-corrected chi connectivity index (χ2v) is 8.73. The average molecular weight is 592 g/mol. The zero-order valence-corrected chi connectivity index (χ0v) is 20.6. The van der Waals surface area contributed by atoms with Crippen molar-refractivity contribution in [1.82, 2.24) is 0 Å². The lowest BCUT2D eigenvalue weighted by atomic mass is 10.1. The molecule has 0 aromatic heterocycles. The molecule has 0 aliphatic heterocycles. The van der Waals surface area contributed by atoms with Gasteiger partial charge in [-0.3, -0.25) is 9.59 Å². The van der Waals surface area contributed by atoms with Crippen LogP contribution in [0.4, 0.5) is 11.4 Å². The SMILES string of the molecule is N#C/C(=C\c1ccc(OCC(=O)Nc2ccc(Cl)c(Cl)c2)cc1)C(=O)Nc1cccc(I)c1. The molecule has 3 rings (SSSR count). The van der Waals surface area contributed by atoms with Gasteiger partial charge in [0.15, 0.2) is 6.61 Å². The number of hydrogen-bond donors (Lipinski definition) is 2. The minimum Gasteiger partial charge on any atom is -0.484 e. The molecule has 0 saturated heterocycles. The van der Waals surface area contributed by atoms with Crippen LogP contribution in [0.5, 0.6) is 5.75 Å². The van der Waals surface area contributed by atoms with Crippen LogP contribution in [0.15, 0.2) is 72.3 Å². The first-order valence-corrected chi connectivity index (χ1v) is 11.3. The highest BCUT2D eigenvalue weighted by atomic mass is 127. The van der Waals surface area contributed by atoms with Crippen molar-refractivity contribution in [3.63, 3.8) is 0 Å². The maximum Gasteiger partial charge on any atom is 0.266 e. The van der Waals surface area contributed by atoms with E-state index in [0.717, 1.165) is 3.57 Å². The molecule has 0 saturated carbocycles. The van der Waals surface area contributed by atoms with Crippen molar-refractivity contribution in [2.24, 2.45) is 0 Å². The number of benzene rings is 3. The molecule has 0 radical (unpaired) electrons. The standard InChI is InChI=1S/C24H16Cl2IN3O3/c25-21-9-6-19(12-22(21)26)29-23(31)14-33-20-7-4-15(5-8-20)10-16(13-28)24(32)30-18-3-1-2-17(27)11-18/h1-12H,14H2,(H,29,31)(H,30,32)/b16-10+. The molecule has 2 N–H and O–H groups in total. The minimum atomic E-state index is -0.501. The Hall–Kier alpha value is -3.06. The number of nitriles is 1. The van der Waals surface area contributed by atoms with Gasteiger partial charge < -0.3 is 15.4 Å². The summed E-state index contributed by atoms with van der Waals surface area (Å²) in [5.41, 5.74) is 1.71. The third-order valence-corrected chi connectivity index (χ3v) is 5.62. The number of hydrogen-bond acceptors (Lipinski definition) is 4. The molecule has 9 heteroatoms. The van der Waals surface area contributed by atoms with Gasteiger partial charge in [0.05, 0.1) is 10.0 Å². The van der Waals surface area contributed by atoms with Crippen LogP contribution in [0.2, 0.25) is 10.0 Å². The van der Waals surface area contributed by atoms with Gasteiger partial charge in [-0.25, -0.2) is 0 Å². The lowest BCUT2D eigenvalue weighted by Gasteiger charge is -2.08. The van der Waals surface area contributed by atoms with E-state index in [2.05, 4.69) is 33.2 Å². The van der Waals surface area contributed by atoms with Crippen molar-refractivity contribution < 1.29 is 14.3 Å². The Morgan fingerprint density at radius 1 is 0.970 bits per heavy atom. The molecular formula is C24H16Cl2IN3O3. The monoisotopic (exact) mass is 591 g/mol. The van der Waals surface area contributed by atoms with Crippen LogP contribution in [-0.2, 0) is 9.59 Å². The van der Waals surface area contributed by atoms with Crippen LogP contribution in [0.3, 0.4) is 0 Å². The van der Waals surface area contributed by atoms with E-state index in [-0.39, 0.29) is 18.1 Å². The number of nitrogens with zero attached hydrogens (tertiary/aromatic N) is 1. The van der Waals surface area contributed by atoms with Crippen LogP contribution in [-0.4, -0.2) is 18.4 Å². The number of nitrogens with one attached hydrogen (secondary N) is 2. The van der Waals surface area contributed by atoms with Gasteiger partial charge >= 0.3 is 0 Å². The molecule has 0 fully saturated rings. The van der Waals surface area contributed by atoms with Gasteiger partial charge in [-0.1, -0.05) is 41.4 Å². The number of halogens is 3. The van der Waals surface area contributed by atoms with Gasteiger partial charge in [0, 0.05) is 14.9 Å². The molecule has 0 spiro atoms. The predicted octanol–water partition coefficient (Wildman–Crippen LogP) is 6.16. The van der Waals surface area contributed by atoms with Crippen molar-refractivity contribution in [2.75, 3.05) is 17.2 Å². The molecule has 2 amide bonds. The van der Waals surface area contributed by atoms with E-state index in [9.17, 15) is 14.9 Å². The predicted molar refractivity (Wildman–Crippen MR) is 138 cm³/mol. The van der Waals surface area contributed by atoms with Gasteiger partial charge in [0.25, 0.3) is 11.8 Å². The molecule has 0 heterocycles. The first-order chi connectivity index (χ1) is 15.8. The van der Waals surface area contributed by atoms with Crippen LogP contribution in [0.25, 0.3) is 6.08 Å². The summed E-state index contributed by atoms with van der Waals surface area (Å²) in [4.78, 5) is 24.5. The fourth-order valence-corrected chi connectivity index (χ4v) is 3.50. The van der Waals surface area contributed by atoms with Crippen molar-refractivity contribution in [2.45, 2.75) is 0 Å². The van der Waals surface area contributed by atoms with Crippen molar-refractivity contribution >= 4 is 75.1 Å². The van der Waals surface area contributed by atoms with E-state index in [0.29, 0.717) is 32.7 Å². The Kier molecular flexibility index (Phi) is 8.72. The fourth-order valence-electron chi connectivity index (χ4n) is 2.66. The lowest BCUT2D eigenvalue weighted by molar-refractivity contribution is -0.118. The van der Waals surface area contributed by atoms with Crippen molar-refractivity contribution in [1.29, 1.82) is 5.26 Å². The van der Waals surface area contributed by atoms with Crippen LogP contribution in [0, 0.1) is 14.9 Å². The van der Waals surface area contributed by atoms with E-state index < -0.39 is 5.91 Å². The highest BCUT2D eigenvalue weighted by molar-refractivity contribution is 14.1. The van der Waals surface area contributed by atoms with E-state index in [1.54, 1.807) is 54.6 Å². The Morgan fingerprint density at radius 3 is 2.36 bits per heavy atom. The summed E-state index contributed by atoms with van der Waals surface area (Å²) in [6.45, 7) is -0.211. The zero-order valence-electron chi connectivity index (χ0n) is 16.9. The lowest BCUT2D eigenvalue weighted by Crippen LogP contribution is -2.20. The van der Waals surface area contributed by atoms with Crippen molar-refractivity contribution in [3.8, 4) is 11.8 Å². The van der Waals surface area contributed by atoms with Gasteiger partial charge in [0.1, 0.15) is 17.4 Å². The summed E-state index contributed by atoms with van der Waals surface area (Å²) in [5.74, 6) is -0.409. The van der Waals surface area contributed by atoms with Crippen molar-refractivity contribution in [3.05, 3.63) is 91.5 Å². The molecule has 33 heavy (non-hydrogen) atoms. The maximum absolute atomic E-state index is 12.4. The average Bonchev–Trinajstić information content (AvgIpc) is 2.79. The summed E-state index contributed by atoms with van der Waals surface area (Å²) in [5, 5.41) is 15.5. The zero-order chi connectivity index (χ0) is 23.8. The Labute approximate surface area is 214 Å². The van der Waals surface area contributed by atoms with Gasteiger partial charge in [-0.2, -0.15) is 5.26 Å². The third-order valence-electron chi connectivity index (χ3n) is 4.21. The van der Waals surface area contributed by atoms with E-state index in [1.165, 1.54) is 6.08 Å². The molecule has 166 valence electrons. The largest absolute Gasteiger partial charge is 0.484 e. The Morgan fingerprint density at radius 2 is 1.70 bits per heavy atom. The summed E-state index contributed by atoms with van der Waals surface area (Å²) in [6, 6.07) is 20.6. The maximum atomic E-state index is 12.4. The normalized spacial score (nSPS) is 10.8. The van der Waals surface area contributed by atoms with E-state index in [1.807, 2.05) is 18.2 Å². The summed E-state index contributed by atoms with van der Waals surface area (Å²) in [6.07, 6.45) is 1.48. The summed E-state index contributed by atoms with van der Waals surface area (Å²) in [7, 11) is 0. The minimum absolute atomic E-state index is 0.0384. The molecule has 0 unspecified atom stereocenters. The van der Waals surface area contributed by atoms with Gasteiger partial charge in [-0.05, 0) is 82.8 Å². The molecule has 3 aromatic carbocycles. The van der Waals surface area contributed by atoms with Crippen LogP contribution < -0.4 is 15.4 Å². The van der Waals surface area contributed by atoms with E-state index in [4.69, 9.17) is 27.9 Å². The Bertz CT molecular complexity index is 1250. The number of amides is 2. The van der Waals surface area contributed by atoms with E-state index >= 15 is 0 Å². The summed E-state index contributed by atoms with van der Waals surface area (Å²) >= 11 is 13.9. The van der Waals surface area contributed by atoms with Crippen LogP contribution in [0.1, 0.15) is 5.56 Å². The molecule has 0 atom stereocenters. The third kappa shape index (κ3) is 7.49. The summed E-state index contributed by atoms with van der Waals surface area (Å²) < 4.78 is 6.45. The Balaban J connectivity index is 1.57. The molecule has 0 aliphatic rings. The van der Waals surface area contributed by atoms with Gasteiger partial charge in [-0.15, -0.1) is 0 Å². The highest BCUT2D eigenvalue weighted by Crippen LogP contribution is 2.25. The molecular weight excluding hydrogens is 576 g/mol. The molecule has 0 aliphatic carbocycles. The van der Waals surface area contributed by atoms with Gasteiger partial charge in [0.2, 0.25) is 0 Å². The highest BCUT2D eigenvalue weighted by Gasteiger charge is 2.10. The second kappa shape index (κ2) is 11.7. The first-order valence-electron chi connectivity index (χ1n) is 9.50. The van der Waals surface area contributed by atoms with Crippen LogP contribution >= 0.6 is 45.8 Å². The number of rotatable bonds is 7. The number of carbonyl (C=O) groups excluding carboxylic acids is 2. The first kappa shape index (κ1) is 24.6.